The summed E-state index contributed by atoms with van der Waals surface area (Å²) in [6.45, 7) is 1.55. The van der Waals surface area contributed by atoms with Gasteiger partial charge in [-0.3, -0.25) is 0 Å². The van der Waals surface area contributed by atoms with Crippen LogP contribution in [-0.4, -0.2) is 24.9 Å². The highest BCUT2D eigenvalue weighted by Crippen LogP contribution is 2.42. The molecule has 1 aliphatic rings. The van der Waals surface area contributed by atoms with E-state index in [0.29, 0.717) is 24.8 Å². The maximum atomic E-state index is 10.4. The third-order valence-corrected chi connectivity index (χ3v) is 3.66. The zero-order valence-electron chi connectivity index (χ0n) is 9.03. The van der Waals surface area contributed by atoms with Crippen molar-refractivity contribution in [2.24, 2.45) is 11.1 Å². The minimum absolute atomic E-state index is 0.384. The molecule has 3 nitrogen and oxygen atoms in total. The van der Waals surface area contributed by atoms with E-state index in [-0.39, 0.29) is 5.41 Å². The van der Waals surface area contributed by atoms with E-state index in [9.17, 15) is 5.11 Å². The van der Waals surface area contributed by atoms with Gasteiger partial charge >= 0.3 is 0 Å². The summed E-state index contributed by atoms with van der Waals surface area (Å²) in [6, 6.07) is 7.33. The molecule has 2 unspecified atom stereocenters. The molecule has 3 N–H and O–H groups in total. The molecule has 1 aromatic rings. The first-order chi connectivity index (χ1) is 7.69. The molecule has 0 saturated carbocycles. The van der Waals surface area contributed by atoms with Crippen LogP contribution in [0.15, 0.2) is 24.3 Å². The van der Waals surface area contributed by atoms with E-state index < -0.39 is 6.10 Å². The molecular weight excluding hydrogens is 226 g/mol. The van der Waals surface area contributed by atoms with Gasteiger partial charge in [0.15, 0.2) is 0 Å². The summed E-state index contributed by atoms with van der Waals surface area (Å²) in [4.78, 5) is 0. The smallest absolute Gasteiger partial charge is 0.0895 e. The van der Waals surface area contributed by atoms with Crippen LogP contribution in [0.5, 0.6) is 0 Å². The second kappa shape index (κ2) is 4.72. The molecule has 2 rings (SSSR count). The van der Waals surface area contributed by atoms with Crippen molar-refractivity contribution < 1.29 is 9.84 Å². The molecule has 0 aliphatic carbocycles. The summed E-state index contributed by atoms with van der Waals surface area (Å²) in [5, 5.41) is 11.0. The second-order valence-corrected chi connectivity index (χ2v) is 4.70. The predicted octanol–water partition coefficient (Wildman–Crippen LogP) is 1.74. The average Bonchev–Trinajstić information content (AvgIpc) is 2.78. The molecule has 1 fully saturated rings. The molecule has 0 amide bonds. The van der Waals surface area contributed by atoms with Gasteiger partial charge in [0, 0.05) is 23.6 Å². The van der Waals surface area contributed by atoms with Crippen molar-refractivity contribution in [3.8, 4) is 0 Å². The summed E-state index contributed by atoms with van der Waals surface area (Å²) in [6.07, 6.45) is 0.115. The molecule has 0 bridgehead atoms. The molecule has 16 heavy (non-hydrogen) atoms. The van der Waals surface area contributed by atoms with E-state index in [0.717, 1.165) is 12.0 Å². The predicted molar refractivity (Wildman–Crippen MR) is 63.3 cm³/mol. The number of benzene rings is 1. The van der Waals surface area contributed by atoms with Gasteiger partial charge in [-0.1, -0.05) is 29.8 Å². The Labute approximate surface area is 100 Å². The van der Waals surface area contributed by atoms with Gasteiger partial charge in [-0.25, -0.2) is 0 Å². The first kappa shape index (κ1) is 11.9. The summed E-state index contributed by atoms with van der Waals surface area (Å²) in [5.74, 6) is 0. The van der Waals surface area contributed by atoms with Crippen LogP contribution in [0.1, 0.15) is 18.1 Å². The molecule has 1 heterocycles. The monoisotopic (exact) mass is 241 g/mol. The number of aliphatic hydroxyl groups excluding tert-OH is 1. The largest absolute Gasteiger partial charge is 0.388 e. The minimum Gasteiger partial charge on any atom is -0.388 e. The van der Waals surface area contributed by atoms with Gasteiger partial charge in [-0.05, 0) is 18.1 Å². The Kier molecular flexibility index (Phi) is 3.50. The third kappa shape index (κ3) is 1.96. The highest BCUT2D eigenvalue weighted by atomic mass is 35.5. The number of rotatable bonds is 3. The Bertz CT molecular complexity index is 364. The first-order valence-electron chi connectivity index (χ1n) is 5.40. The van der Waals surface area contributed by atoms with Gasteiger partial charge in [0.1, 0.15) is 0 Å². The van der Waals surface area contributed by atoms with Crippen LogP contribution < -0.4 is 5.73 Å². The second-order valence-electron chi connectivity index (χ2n) is 4.29. The van der Waals surface area contributed by atoms with Crippen molar-refractivity contribution in [1.29, 1.82) is 0 Å². The van der Waals surface area contributed by atoms with Crippen LogP contribution >= 0.6 is 11.6 Å². The van der Waals surface area contributed by atoms with E-state index in [2.05, 4.69) is 0 Å². The lowest BCUT2D eigenvalue weighted by molar-refractivity contribution is 0.0191. The average molecular weight is 242 g/mol. The number of hydrogen-bond acceptors (Lipinski definition) is 3. The molecule has 0 aromatic heterocycles. The maximum absolute atomic E-state index is 10.4. The number of ether oxygens (including phenoxy) is 1. The molecule has 0 radical (unpaired) electrons. The number of halogens is 1. The number of nitrogens with two attached hydrogens (primary N) is 1. The molecule has 88 valence electrons. The Morgan fingerprint density at radius 2 is 2.25 bits per heavy atom. The molecule has 1 aliphatic heterocycles. The van der Waals surface area contributed by atoms with E-state index in [4.69, 9.17) is 22.1 Å². The first-order valence-corrected chi connectivity index (χ1v) is 5.78. The van der Waals surface area contributed by atoms with Crippen molar-refractivity contribution in [2.45, 2.75) is 12.5 Å². The van der Waals surface area contributed by atoms with Gasteiger partial charge < -0.3 is 15.6 Å². The van der Waals surface area contributed by atoms with Gasteiger partial charge in [0.05, 0.1) is 12.7 Å². The normalized spacial score (nSPS) is 26.9. The Morgan fingerprint density at radius 1 is 1.50 bits per heavy atom. The van der Waals surface area contributed by atoms with Gasteiger partial charge in [0.25, 0.3) is 0 Å². The van der Waals surface area contributed by atoms with Crippen LogP contribution in [0.25, 0.3) is 0 Å². The fourth-order valence-corrected chi connectivity index (χ4v) is 2.38. The van der Waals surface area contributed by atoms with E-state index in [1.54, 1.807) is 6.07 Å². The van der Waals surface area contributed by atoms with Crippen molar-refractivity contribution in [2.75, 3.05) is 19.8 Å². The number of aliphatic hydroxyl groups is 1. The highest BCUT2D eigenvalue weighted by molar-refractivity contribution is 6.31. The van der Waals surface area contributed by atoms with E-state index in [1.165, 1.54) is 0 Å². The maximum Gasteiger partial charge on any atom is 0.0895 e. The summed E-state index contributed by atoms with van der Waals surface area (Å²) in [5.41, 5.74) is 6.13. The van der Waals surface area contributed by atoms with Crippen molar-refractivity contribution in [3.05, 3.63) is 34.9 Å². The zero-order valence-corrected chi connectivity index (χ0v) is 9.78. The zero-order chi connectivity index (χ0) is 11.6. The Hall–Kier alpha value is -0.610. The summed E-state index contributed by atoms with van der Waals surface area (Å²) >= 11 is 6.07. The quantitative estimate of drug-likeness (QED) is 0.848. The lowest BCUT2D eigenvalue weighted by atomic mass is 9.78. The lowest BCUT2D eigenvalue weighted by Crippen LogP contribution is -2.37. The molecule has 2 atom stereocenters. The minimum atomic E-state index is -0.659. The third-order valence-electron chi connectivity index (χ3n) is 3.32. The van der Waals surface area contributed by atoms with Crippen molar-refractivity contribution in [3.63, 3.8) is 0 Å². The van der Waals surface area contributed by atoms with E-state index >= 15 is 0 Å². The molecule has 0 spiro atoms. The van der Waals surface area contributed by atoms with E-state index in [1.807, 2.05) is 18.2 Å². The lowest BCUT2D eigenvalue weighted by Gasteiger charge is -2.32. The summed E-state index contributed by atoms with van der Waals surface area (Å²) < 4.78 is 5.35. The molecule has 1 saturated heterocycles. The van der Waals surface area contributed by atoms with Crippen molar-refractivity contribution in [1.82, 2.24) is 0 Å². The Morgan fingerprint density at radius 3 is 2.81 bits per heavy atom. The molecule has 4 heteroatoms. The van der Waals surface area contributed by atoms with Gasteiger partial charge in [-0.15, -0.1) is 0 Å². The molecular formula is C12H16ClNO2. The van der Waals surface area contributed by atoms with Gasteiger partial charge in [-0.2, -0.15) is 0 Å². The van der Waals surface area contributed by atoms with Crippen LogP contribution in [0, 0.1) is 5.41 Å². The van der Waals surface area contributed by atoms with Gasteiger partial charge in [0.2, 0.25) is 0 Å². The summed E-state index contributed by atoms with van der Waals surface area (Å²) in [7, 11) is 0. The van der Waals surface area contributed by atoms with Crippen molar-refractivity contribution >= 4 is 11.6 Å². The van der Waals surface area contributed by atoms with Crippen LogP contribution in [0.3, 0.4) is 0 Å². The fourth-order valence-electron chi connectivity index (χ4n) is 2.14. The SMILES string of the molecule is NCC1(C(O)c2ccccc2Cl)CCOC1. The fraction of sp³-hybridized carbons (Fsp3) is 0.500. The molecule has 1 aromatic carbocycles. The van der Waals surface area contributed by atoms with Crippen LogP contribution in [0.4, 0.5) is 0 Å². The number of hydrogen-bond donors (Lipinski definition) is 2. The standard InChI is InChI=1S/C12H16ClNO2/c13-10-4-2-1-3-9(10)11(15)12(7-14)5-6-16-8-12/h1-4,11,15H,5-8,14H2. The highest BCUT2D eigenvalue weighted by Gasteiger charge is 2.41. The Balaban J connectivity index is 2.30. The van der Waals surface area contributed by atoms with Crippen LogP contribution in [0.2, 0.25) is 5.02 Å². The topological polar surface area (TPSA) is 55.5 Å². The van der Waals surface area contributed by atoms with Crippen LogP contribution in [-0.2, 0) is 4.74 Å².